The third kappa shape index (κ3) is 2.80. The number of hydrogen-bond donors (Lipinski definition) is 0. The van der Waals surface area contributed by atoms with Gasteiger partial charge >= 0.3 is 0 Å². The average Bonchev–Trinajstić information content (AvgIpc) is 3.59. The quantitative estimate of drug-likeness (QED) is 0.519. The summed E-state index contributed by atoms with van der Waals surface area (Å²) in [4.78, 5) is 43.2. The highest BCUT2D eigenvalue weighted by molar-refractivity contribution is 6.31. The highest BCUT2D eigenvalue weighted by Crippen LogP contribution is 2.65. The molecule has 7 rings (SSSR count). The van der Waals surface area contributed by atoms with Crippen LogP contribution in [-0.2, 0) is 9.59 Å². The molecule has 1 heterocycles. The van der Waals surface area contributed by atoms with E-state index in [1.165, 1.54) is 9.80 Å². The minimum atomic E-state index is -0.281. The second-order valence-electron chi connectivity index (χ2n) is 9.43. The summed E-state index contributed by atoms with van der Waals surface area (Å²) < 4.78 is 0. The molecular formula is C26H23ClN2O3. The Morgan fingerprint density at radius 2 is 1.62 bits per heavy atom. The number of rotatable bonds is 4. The van der Waals surface area contributed by atoms with Gasteiger partial charge < -0.3 is 0 Å². The largest absolute Gasteiger partial charge is 0.289 e. The maximum atomic E-state index is 13.5. The summed E-state index contributed by atoms with van der Waals surface area (Å²) in [6, 6.07) is 14.3. The van der Waals surface area contributed by atoms with Crippen LogP contribution in [0.1, 0.15) is 22.3 Å². The van der Waals surface area contributed by atoms with Gasteiger partial charge in [0.25, 0.3) is 5.91 Å². The van der Waals surface area contributed by atoms with Gasteiger partial charge in [-0.1, -0.05) is 48.0 Å². The number of imide groups is 1. The number of hydrogen-bond acceptors (Lipinski definition) is 3. The second kappa shape index (κ2) is 7.04. The molecule has 162 valence electrons. The Morgan fingerprint density at radius 1 is 1.00 bits per heavy atom. The van der Waals surface area contributed by atoms with Gasteiger partial charge in [0.1, 0.15) is 6.67 Å². The van der Waals surface area contributed by atoms with E-state index in [9.17, 15) is 14.4 Å². The summed E-state index contributed by atoms with van der Waals surface area (Å²) in [6.07, 6.45) is 5.43. The lowest BCUT2D eigenvalue weighted by Gasteiger charge is -2.37. The molecule has 2 aromatic rings. The number of anilines is 1. The minimum Gasteiger partial charge on any atom is -0.289 e. The molecule has 0 aromatic heterocycles. The third-order valence-corrected chi connectivity index (χ3v) is 8.18. The maximum absolute atomic E-state index is 13.5. The first-order valence-electron chi connectivity index (χ1n) is 11.1. The van der Waals surface area contributed by atoms with Gasteiger partial charge in [0.2, 0.25) is 11.8 Å². The Balaban J connectivity index is 1.35. The van der Waals surface area contributed by atoms with Gasteiger partial charge in [-0.3, -0.25) is 24.2 Å². The van der Waals surface area contributed by atoms with Crippen LogP contribution >= 0.6 is 11.6 Å². The lowest BCUT2D eigenvalue weighted by atomic mass is 9.63. The number of carbonyl (C=O) groups excluding carboxylic acids is 3. The predicted octanol–water partition coefficient (Wildman–Crippen LogP) is 4.31. The molecule has 32 heavy (non-hydrogen) atoms. The standard InChI is InChI=1S/C26H23ClN2O3/c1-14-7-8-16(11-21(14)27)28(24(30)15-5-3-2-4-6-15)13-29-25(31)22-17-9-10-18(20-12-19(17)20)23(22)26(29)32/h2-11,17-20,22-23H,12-13H2,1H3/t17-,18+,19-,20-,22+,23+/m1/s1. The first kappa shape index (κ1) is 19.7. The van der Waals surface area contributed by atoms with Gasteiger partial charge in [0.15, 0.2) is 0 Å². The number of amides is 3. The maximum Gasteiger partial charge on any atom is 0.259 e. The molecular weight excluding hydrogens is 424 g/mol. The fraction of sp³-hybridized carbons (Fsp3) is 0.346. The van der Waals surface area contributed by atoms with Crippen LogP contribution in [0.2, 0.25) is 5.02 Å². The molecule has 3 fully saturated rings. The molecule has 1 saturated heterocycles. The van der Waals surface area contributed by atoms with E-state index in [1.54, 1.807) is 36.4 Å². The normalized spacial score (nSPS) is 31.5. The van der Waals surface area contributed by atoms with Crippen LogP contribution in [-0.4, -0.2) is 29.3 Å². The summed E-state index contributed by atoms with van der Waals surface area (Å²) >= 11 is 6.36. The molecule has 0 unspecified atom stereocenters. The highest BCUT2D eigenvalue weighted by Gasteiger charge is 2.67. The molecule has 0 N–H and O–H groups in total. The van der Waals surface area contributed by atoms with E-state index < -0.39 is 0 Å². The van der Waals surface area contributed by atoms with Gasteiger partial charge in [0, 0.05) is 16.3 Å². The molecule has 0 radical (unpaired) electrons. The Morgan fingerprint density at radius 3 is 2.22 bits per heavy atom. The van der Waals surface area contributed by atoms with Gasteiger partial charge in [-0.25, -0.2) is 0 Å². The van der Waals surface area contributed by atoms with Crippen LogP contribution in [0.5, 0.6) is 0 Å². The van der Waals surface area contributed by atoms with E-state index in [0.717, 1.165) is 12.0 Å². The van der Waals surface area contributed by atoms with Crippen molar-refractivity contribution < 1.29 is 14.4 Å². The van der Waals surface area contributed by atoms with Crippen LogP contribution in [0.15, 0.2) is 60.7 Å². The van der Waals surface area contributed by atoms with E-state index in [-0.39, 0.29) is 48.1 Å². The molecule has 6 atom stereocenters. The third-order valence-electron chi connectivity index (χ3n) is 7.77. The number of benzene rings is 2. The highest BCUT2D eigenvalue weighted by atomic mass is 35.5. The summed E-state index contributed by atoms with van der Waals surface area (Å²) in [6.45, 7) is 1.79. The monoisotopic (exact) mass is 446 g/mol. The number of allylic oxidation sites excluding steroid dienone is 2. The van der Waals surface area contributed by atoms with Gasteiger partial charge in [-0.2, -0.15) is 0 Å². The Labute approximate surface area is 191 Å². The van der Waals surface area contributed by atoms with E-state index in [0.29, 0.717) is 28.1 Å². The van der Waals surface area contributed by atoms with Crippen molar-refractivity contribution in [2.75, 3.05) is 11.6 Å². The van der Waals surface area contributed by atoms with Crippen molar-refractivity contribution in [3.05, 3.63) is 76.8 Å². The number of nitrogens with zero attached hydrogens (tertiary/aromatic N) is 2. The summed E-state index contributed by atoms with van der Waals surface area (Å²) in [5.74, 6) is 0.273. The Bertz CT molecular complexity index is 1140. The summed E-state index contributed by atoms with van der Waals surface area (Å²) in [7, 11) is 0. The molecule has 2 aromatic carbocycles. The summed E-state index contributed by atoms with van der Waals surface area (Å²) in [5, 5.41) is 0.531. The molecule has 6 heteroatoms. The van der Waals surface area contributed by atoms with E-state index in [2.05, 4.69) is 12.2 Å². The Kier molecular flexibility index (Phi) is 4.34. The SMILES string of the molecule is Cc1ccc(N(CN2C(=O)[C@H]3[C@@H]4C=C[C@@H]([C@H]5C[C@H]45)[C@@H]3C2=O)C(=O)c2ccccc2)cc1Cl. The van der Waals surface area contributed by atoms with Crippen LogP contribution in [0, 0.1) is 42.4 Å². The molecule has 5 aliphatic rings. The molecule has 5 nitrogen and oxygen atoms in total. The fourth-order valence-corrected chi connectivity index (χ4v) is 6.22. The lowest BCUT2D eigenvalue weighted by molar-refractivity contribution is -0.140. The van der Waals surface area contributed by atoms with Crippen molar-refractivity contribution in [1.29, 1.82) is 0 Å². The number of likely N-dealkylation sites (tertiary alicyclic amines) is 1. The molecule has 3 amide bonds. The average molecular weight is 447 g/mol. The number of halogens is 1. The predicted molar refractivity (Wildman–Crippen MR) is 121 cm³/mol. The van der Waals surface area contributed by atoms with Crippen LogP contribution < -0.4 is 4.90 Å². The first-order valence-corrected chi connectivity index (χ1v) is 11.5. The minimum absolute atomic E-state index is 0.105. The van der Waals surface area contributed by atoms with Crippen molar-refractivity contribution in [2.45, 2.75) is 13.3 Å². The van der Waals surface area contributed by atoms with Crippen LogP contribution in [0.25, 0.3) is 0 Å². The van der Waals surface area contributed by atoms with Crippen LogP contribution in [0.4, 0.5) is 5.69 Å². The number of aryl methyl sites for hydroxylation is 1. The van der Waals surface area contributed by atoms with Gasteiger partial charge in [-0.05, 0) is 66.8 Å². The second-order valence-corrected chi connectivity index (χ2v) is 9.84. The molecule has 1 aliphatic heterocycles. The number of carbonyl (C=O) groups is 3. The van der Waals surface area contributed by atoms with Crippen molar-refractivity contribution in [3.63, 3.8) is 0 Å². The first-order chi connectivity index (χ1) is 15.5. The van der Waals surface area contributed by atoms with E-state index in [4.69, 9.17) is 11.6 Å². The van der Waals surface area contributed by atoms with Crippen molar-refractivity contribution in [2.24, 2.45) is 35.5 Å². The zero-order valence-corrected chi connectivity index (χ0v) is 18.4. The van der Waals surface area contributed by atoms with Crippen molar-refractivity contribution >= 4 is 35.0 Å². The Hall–Kier alpha value is -2.92. The molecule has 2 bridgehead atoms. The van der Waals surface area contributed by atoms with Crippen molar-refractivity contribution in [3.8, 4) is 0 Å². The van der Waals surface area contributed by atoms with Gasteiger partial charge in [0.05, 0.1) is 11.8 Å². The molecule has 4 aliphatic carbocycles. The van der Waals surface area contributed by atoms with Gasteiger partial charge in [-0.15, -0.1) is 0 Å². The zero-order chi connectivity index (χ0) is 22.1. The fourth-order valence-electron chi connectivity index (χ4n) is 6.05. The zero-order valence-electron chi connectivity index (χ0n) is 17.6. The summed E-state index contributed by atoms with van der Waals surface area (Å²) in [5.41, 5.74) is 1.95. The van der Waals surface area contributed by atoms with E-state index >= 15 is 0 Å². The molecule has 2 saturated carbocycles. The van der Waals surface area contributed by atoms with E-state index in [1.807, 2.05) is 19.1 Å². The van der Waals surface area contributed by atoms with Crippen molar-refractivity contribution in [1.82, 2.24) is 4.90 Å². The molecule has 0 spiro atoms. The smallest absolute Gasteiger partial charge is 0.259 e. The lowest BCUT2D eigenvalue weighted by Crippen LogP contribution is -2.45. The van der Waals surface area contributed by atoms with Crippen LogP contribution in [0.3, 0.4) is 0 Å². The topological polar surface area (TPSA) is 57.7 Å².